The van der Waals surface area contributed by atoms with Crippen LogP contribution in [0.1, 0.15) is 0 Å². The van der Waals surface area contributed by atoms with Gasteiger partial charge in [0.1, 0.15) is 0 Å². The molecule has 0 aliphatic heterocycles. The van der Waals surface area contributed by atoms with Crippen molar-refractivity contribution in [2.24, 2.45) is 0 Å². The lowest BCUT2D eigenvalue weighted by Crippen LogP contribution is -1.81. The van der Waals surface area contributed by atoms with Crippen LogP contribution in [-0.2, 0) is 0 Å². The summed E-state index contributed by atoms with van der Waals surface area (Å²) in [5.41, 5.74) is 2.02. The van der Waals surface area contributed by atoms with Gasteiger partial charge in [0.15, 0.2) is 0 Å². The summed E-state index contributed by atoms with van der Waals surface area (Å²) in [6, 6.07) is 13.6. The zero-order valence-electron chi connectivity index (χ0n) is 9.32. The minimum absolute atomic E-state index is 0.964. The van der Waals surface area contributed by atoms with Gasteiger partial charge in [0, 0.05) is 36.5 Å². The molecule has 17 heavy (non-hydrogen) atoms. The monoisotopic (exact) mass is 223 g/mol. The number of nitrogens with one attached hydrogen (secondary N) is 1. The van der Waals surface area contributed by atoms with Gasteiger partial charge in [0.25, 0.3) is 0 Å². The molecule has 3 aromatic rings. The molecule has 3 heteroatoms. The molecule has 84 valence electrons. The number of hydrogen-bond acceptors (Lipinski definition) is 2. The van der Waals surface area contributed by atoms with Gasteiger partial charge in [-0.25, -0.2) is 0 Å². The van der Waals surface area contributed by atoms with E-state index < -0.39 is 0 Å². The van der Waals surface area contributed by atoms with Crippen molar-refractivity contribution in [3.05, 3.63) is 73.4 Å². The quantitative estimate of drug-likeness (QED) is 0.688. The van der Waals surface area contributed by atoms with Crippen LogP contribution in [0, 0.1) is 0 Å². The molecule has 0 saturated heterocycles. The number of aromatic nitrogens is 3. The van der Waals surface area contributed by atoms with Crippen molar-refractivity contribution in [2.75, 3.05) is 0 Å². The third-order valence-corrected chi connectivity index (χ3v) is 2.12. The van der Waals surface area contributed by atoms with Gasteiger partial charge in [-0.2, -0.15) is 0 Å². The molecule has 3 nitrogen and oxygen atoms in total. The molecule has 0 atom stereocenters. The summed E-state index contributed by atoms with van der Waals surface area (Å²) >= 11 is 0. The molecular weight excluding hydrogens is 210 g/mol. The summed E-state index contributed by atoms with van der Waals surface area (Å²) in [7, 11) is 0. The smallest absolute Gasteiger partial charge is 0.0717 e. The van der Waals surface area contributed by atoms with Crippen LogP contribution in [0.2, 0.25) is 0 Å². The third kappa shape index (κ3) is 3.57. The van der Waals surface area contributed by atoms with Crippen LogP contribution in [0.3, 0.4) is 0 Å². The second kappa shape index (κ2) is 6.23. The van der Waals surface area contributed by atoms with Crippen molar-refractivity contribution in [1.82, 2.24) is 15.0 Å². The number of H-pyrrole nitrogens is 1. The second-order valence-electron chi connectivity index (χ2n) is 3.34. The van der Waals surface area contributed by atoms with Gasteiger partial charge in [-0.3, -0.25) is 9.97 Å². The molecule has 0 unspecified atom stereocenters. The van der Waals surface area contributed by atoms with Gasteiger partial charge in [-0.15, -0.1) is 0 Å². The predicted octanol–water partition coefficient (Wildman–Crippen LogP) is 3.16. The van der Waals surface area contributed by atoms with Gasteiger partial charge in [-0.1, -0.05) is 6.07 Å². The lowest BCUT2D eigenvalue weighted by molar-refractivity contribution is 1.28. The first kappa shape index (κ1) is 11.1. The van der Waals surface area contributed by atoms with E-state index in [0.717, 1.165) is 11.3 Å². The van der Waals surface area contributed by atoms with E-state index in [1.807, 2.05) is 61.1 Å². The van der Waals surface area contributed by atoms with Crippen LogP contribution in [-0.4, -0.2) is 15.0 Å². The molecule has 0 aliphatic carbocycles. The minimum atomic E-state index is 0.964. The molecule has 3 aromatic heterocycles. The Balaban J connectivity index is 0.000000181. The predicted molar refractivity (Wildman–Crippen MR) is 68.3 cm³/mol. The Morgan fingerprint density at radius 3 is 2.24 bits per heavy atom. The first-order chi connectivity index (χ1) is 8.47. The first-order valence-electron chi connectivity index (χ1n) is 5.36. The fourth-order valence-electron chi connectivity index (χ4n) is 1.33. The van der Waals surface area contributed by atoms with E-state index >= 15 is 0 Å². The van der Waals surface area contributed by atoms with Crippen LogP contribution in [0.5, 0.6) is 0 Å². The Labute approximate surface area is 100 Å². The Morgan fingerprint density at radius 1 is 0.824 bits per heavy atom. The number of hydrogen-bond donors (Lipinski definition) is 1. The lowest BCUT2D eigenvalue weighted by Gasteiger charge is -1.96. The molecule has 0 aliphatic rings. The maximum atomic E-state index is 4.21. The van der Waals surface area contributed by atoms with Crippen LogP contribution in [0.25, 0.3) is 11.3 Å². The van der Waals surface area contributed by atoms with E-state index in [4.69, 9.17) is 0 Å². The van der Waals surface area contributed by atoms with E-state index in [1.54, 1.807) is 12.4 Å². The molecule has 1 N–H and O–H groups in total. The molecule has 3 heterocycles. The number of pyridine rings is 2. The van der Waals surface area contributed by atoms with Gasteiger partial charge < -0.3 is 4.98 Å². The summed E-state index contributed by atoms with van der Waals surface area (Å²) in [6.45, 7) is 0. The summed E-state index contributed by atoms with van der Waals surface area (Å²) in [5.74, 6) is 0. The summed E-state index contributed by atoms with van der Waals surface area (Å²) in [5, 5.41) is 0. The van der Waals surface area contributed by atoms with Crippen LogP contribution >= 0.6 is 0 Å². The second-order valence-corrected chi connectivity index (χ2v) is 3.34. The average Bonchev–Trinajstić information content (AvgIpc) is 3.00. The normalized spacial score (nSPS) is 9.18. The maximum absolute atomic E-state index is 4.21. The highest BCUT2D eigenvalue weighted by Gasteiger charge is 1.94. The van der Waals surface area contributed by atoms with Crippen molar-refractivity contribution in [3.8, 4) is 11.3 Å². The van der Waals surface area contributed by atoms with Crippen LogP contribution in [0.4, 0.5) is 0 Å². The minimum Gasteiger partial charge on any atom is -0.368 e. The van der Waals surface area contributed by atoms with Crippen LogP contribution in [0.15, 0.2) is 73.4 Å². The Bertz CT molecular complexity index is 449. The molecule has 0 aromatic carbocycles. The molecule has 0 spiro atoms. The van der Waals surface area contributed by atoms with Gasteiger partial charge in [0.2, 0.25) is 0 Å². The van der Waals surface area contributed by atoms with Crippen molar-refractivity contribution in [3.63, 3.8) is 0 Å². The fraction of sp³-hybridized carbons (Fsp3) is 0. The molecule has 0 saturated carbocycles. The number of rotatable bonds is 1. The van der Waals surface area contributed by atoms with Crippen molar-refractivity contribution in [2.45, 2.75) is 0 Å². The zero-order valence-corrected chi connectivity index (χ0v) is 9.32. The first-order valence-corrected chi connectivity index (χ1v) is 5.36. The topological polar surface area (TPSA) is 41.6 Å². The lowest BCUT2D eigenvalue weighted by atomic mass is 10.2. The van der Waals surface area contributed by atoms with Crippen molar-refractivity contribution < 1.29 is 0 Å². The Hall–Kier alpha value is -2.42. The Kier molecular flexibility index (Phi) is 4.06. The largest absolute Gasteiger partial charge is 0.368 e. The summed E-state index contributed by atoms with van der Waals surface area (Å²) < 4.78 is 0. The zero-order chi connectivity index (χ0) is 11.8. The van der Waals surface area contributed by atoms with Gasteiger partial charge in [-0.05, 0) is 36.4 Å². The molecule has 3 rings (SSSR count). The van der Waals surface area contributed by atoms with E-state index in [1.165, 1.54) is 0 Å². The van der Waals surface area contributed by atoms with E-state index in [2.05, 4.69) is 15.0 Å². The SMILES string of the molecule is c1cc[nH]c1.c1ccc(-c2cccnc2)nc1. The number of aromatic amines is 1. The van der Waals surface area contributed by atoms with Gasteiger partial charge in [0.05, 0.1) is 5.69 Å². The van der Waals surface area contributed by atoms with E-state index in [0.29, 0.717) is 0 Å². The molecular formula is C14H13N3. The van der Waals surface area contributed by atoms with E-state index in [-0.39, 0.29) is 0 Å². The maximum Gasteiger partial charge on any atom is 0.0717 e. The van der Waals surface area contributed by atoms with E-state index in [9.17, 15) is 0 Å². The van der Waals surface area contributed by atoms with Crippen LogP contribution < -0.4 is 0 Å². The van der Waals surface area contributed by atoms with Crippen molar-refractivity contribution in [1.29, 1.82) is 0 Å². The summed E-state index contributed by atoms with van der Waals surface area (Å²) in [6.07, 6.45) is 9.09. The molecule has 0 radical (unpaired) electrons. The summed E-state index contributed by atoms with van der Waals surface area (Å²) in [4.78, 5) is 11.1. The molecule has 0 bridgehead atoms. The molecule has 0 fully saturated rings. The highest BCUT2D eigenvalue weighted by atomic mass is 14.7. The van der Waals surface area contributed by atoms with Gasteiger partial charge >= 0.3 is 0 Å². The highest BCUT2D eigenvalue weighted by molar-refractivity contribution is 5.56. The standard InChI is InChI=1S/C10H8N2.C4H5N/c1-2-7-12-10(5-1)9-4-3-6-11-8-9;1-2-4-5-3-1/h1-8H;1-5H. The number of nitrogens with zero attached hydrogens (tertiary/aromatic N) is 2. The Morgan fingerprint density at radius 2 is 1.71 bits per heavy atom. The highest BCUT2D eigenvalue weighted by Crippen LogP contribution is 2.12. The third-order valence-electron chi connectivity index (χ3n) is 2.12. The van der Waals surface area contributed by atoms with Crippen molar-refractivity contribution >= 4 is 0 Å². The fourth-order valence-corrected chi connectivity index (χ4v) is 1.33. The molecule has 0 amide bonds. The average molecular weight is 223 g/mol.